The summed E-state index contributed by atoms with van der Waals surface area (Å²) in [4.78, 5) is 17.3. The maximum absolute atomic E-state index is 12.2. The Morgan fingerprint density at radius 3 is 2.68 bits per heavy atom. The minimum absolute atomic E-state index is 0.114. The second-order valence-electron chi connectivity index (χ2n) is 4.85. The number of anilines is 1. The summed E-state index contributed by atoms with van der Waals surface area (Å²) in [6.07, 6.45) is -0.415. The summed E-state index contributed by atoms with van der Waals surface area (Å²) in [7, 11) is 0. The number of carbonyl (C=O) groups is 1. The molecule has 1 aliphatic heterocycles. The number of phenolic OH excluding ortho intramolecular Hbond substituents is 1. The zero-order chi connectivity index (χ0) is 15.5. The highest BCUT2D eigenvalue weighted by Gasteiger charge is 2.29. The quantitative estimate of drug-likeness (QED) is 0.913. The van der Waals surface area contributed by atoms with Gasteiger partial charge in [0.1, 0.15) is 5.75 Å². The van der Waals surface area contributed by atoms with Crippen LogP contribution in [0.25, 0.3) is 0 Å². The van der Waals surface area contributed by atoms with Gasteiger partial charge in [-0.25, -0.2) is 0 Å². The highest BCUT2D eigenvalue weighted by atomic mass is 35.5. The second-order valence-corrected chi connectivity index (χ2v) is 5.29. The highest BCUT2D eigenvalue weighted by Crippen LogP contribution is 2.24. The summed E-state index contributed by atoms with van der Waals surface area (Å²) in [6.45, 7) is 0. The van der Waals surface area contributed by atoms with Crippen LogP contribution in [0.2, 0.25) is 5.02 Å². The van der Waals surface area contributed by atoms with Crippen LogP contribution in [0.1, 0.15) is 12.0 Å². The van der Waals surface area contributed by atoms with E-state index in [0.717, 1.165) is 0 Å². The summed E-state index contributed by atoms with van der Waals surface area (Å²) >= 11 is 5.80. The SMILES string of the molecule is O=C(Nc1ccc(Cl)cc1)[C@H]1CC(c2ccccc2O)=NO1. The molecule has 22 heavy (non-hydrogen) atoms. The zero-order valence-corrected chi connectivity index (χ0v) is 12.2. The van der Waals surface area contributed by atoms with Crippen molar-refractivity contribution >= 4 is 28.9 Å². The molecule has 1 aliphatic rings. The van der Waals surface area contributed by atoms with Crippen LogP contribution in [0.4, 0.5) is 5.69 Å². The van der Waals surface area contributed by atoms with Crippen molar-refractivity contribution in [2.45, 2.75) is 12.5 Å². The van der Waals surface area contributed by atoms with Crippen LogP contribution >= 0.6 is 11.6 Å². The van der Waals surface area contributed by atoms with Crippen molar-refractivity contribution in [1.29, 1.82) is 0 Å². The standard InChI is InChI=1S/C16H13ClN2O3/c17-10-5-7-11(8-6-10)18-16(21)15-9-13(19-22-15)12-3-1-2-4-14(12)20/h1-8,15,20H,9H2,(H,18,21)/t15-/m1/s1. The van der Waals surface area contributed by atoms with Crippen molar-refractivity contribution in [2.24, 2.45) is 5.16 Å². The Bertz CT molecular complexity index is 728. The molecule has 0 spiro atoms. The number of aromatic hydroxyl groups is 1. The van der Waals surface area contributed by atoms with E-state index in [1.54, 1.807) is 48.5 Å². The third kappa shape index (κ3) is 3.04. The Morgan fingerprint density at radius 2 is 1.95 bits per heavy atom. The number of phenols is 1. The van der Waals surface area contributed by atoms with Gasteiger partial charge in [0.15, 0.2) is 0 Å². The molecule has 1 amide bonds. The number of amides is 1. The van der Waals surface area contributed by atoms with Gasteiger partial charge in [0.25, 0.3) is 5.91 Å². The molecule has 0 fully saturated rings. The van der Waals surface area contributed by atoms with E-state index in [1.165, 1.54) is 0 Å². The number of carbonyl (C=O) groups excluding carboxylic acids is 1. The molecular weight excluding hydrogens is 304 g/mol. The van der Waals surface area contributed by atoms with E-state index in [0.29, 0.717) is 28.4 Å². The largest absolute Gasteiger partial charge is 0.507 e. The fourth-order valence-corrected chi connectivity index (χ4v) is 2.28. The van der Waals surface area contributed by atoms with Gasteiger partial charge in [-0.1, -0.05) is 28.9 Å². The lowest BCUT2D eigenvalue weighted by molar-refractivity contribution is -0.125. The number of halogens is 1. The lowest BCUT2D eigenvalue weighted by Gasteiger charge is -2.09. The third-order valence-corrected chi connectivity index (χ3v) is 3.54. The molecule has 0 saturated carbocycles. The lowest BCUT2D eigenvalue weighted by atomic mass is 10.0. The van der Waals surface area contributed by atoms with Crippen LogP contribution in [0.3, 0.4) is 0 Å². The second kappa shape index (κ2) is 6.07. The predicted octanol–water partition coefficient (Wildman–Crippen LogP) is 3.18. The maximum Gasteiger partial charge on any atom is 0.268 e. The molecule has 3 rings (SSSR count). The Labute approximate surface area is 132 Å². The number of oxime groups is 1. The minimum Gasteiger partial charge on any atom is -0.507 e. The maximum atomic E-state index is 12.2. The molecule has 0 bridgehead atoms. The smallest absolute Gasteiger partial charge is 0.268 e. The first-order valence-corrected chi connectivity index (χ1v) is 7.09. The topological polar surface area (TPSA) is 70.9 Å². The molecular formula is C16H13ClN2O3. The van der Waals surface area contributed by atoms with Gasteiger partial charge < -0.3 is 15.3 Å². The van der Waals surface area contributed by atoms with E-state index in [4.69, 9.17) is 16.4 Å². The molecule has 5 nitrogen and oxygen atoms in total. The number of benzene rings is 2. The summed E-state index contributed by atoms with van der Waals surface area (Å²) in [5.41, 5.74) is 1.76. The van der Waals surface area contributed by atoms with Gasteiger partial charge in [0.2, 0.25) is 6.10 Å². The Kier molecular flexibility index (Phi) is 3.98. The molecule has 0 aromatic heterocycles. The molecule has 2 aromatic rings. The van der Waals surface area contributed by atoms with Crippen LogP contribution in [0.15, 0.2) is 53.7 Å². The highest BCUT2D eigenvalue weighted by molar-refractivity contribution is 6.30. The Hall–Kier alpha value is -2.53. The number of nitrogens with one attached hydrogen (secondary N) is 1. The normalized spacial score (nSPS) is 16.8. The summed E-state index contributed by atoms with van der Waals surface area (Å²) < 4.78 is 0. The minimum atomic E-state index is -0.717. The van der Waals surface area contributed by atoms with Crippen molar-refractivity contribution in [2.75, 3.05) is 5.32 Å². The number of para-hydroxylation sites is 1. The molecule has 6 heteroatoms. The fourth-order valence-electron chi connectivity index (χ4n) is 2.15. The van der Waals surface area contributed by atoms with Crippen molar-refractivity contribution in [3.8, 4) is 5.75 Å². The number of hydrogen-bond acceptors (Lipinski definition) is 4. The Morgan fingerprint density at radius 1 is 1.23 bits per heavy atom. The number of nitrogens with zero attached hydrogens (tertiary/aromatic N) is 1. The fraction of sp³-hybridized carbons (Fsp3) is 0.125. The molecule has 1 heterocycles. The van der Waals surface area contributed by atoms with Gasteiger partial charge >= 0.3 is 0 Å². The van der Waals surface area contributed by atoms with Gasteiger partial charge in [0.05, 0.1) is 5.71 Å². The van der Waals surface area contributed by atoms with E-state index in [9.17, 15) is 9.90 Å². The average Bonchev–Trinajstić information content (AvgIpc) is 3.00. The van der Waals surface area contributed by atoms with Gasteiger partial charge in [-0.05, 0) is 36.4 Å². The first-order chi connectivity index (χ1) is 10.6. The van der Waals surface area contributed by atoms with Crippen LogP contribution in [-0.4, -0.2) is 22.8 Å². The molecule has 0 aliphatic carbocycles. The molecule has 0 saturated heterocycles. The molecule has 112 valence electrons. The van der Waals surface area contributed by atoms with Crippen molar-refractivity contribution < 1.29 is 14.7 Å². The van der Waals surface area contributed by atoms with Crippen molar-refractivity contribution in [3.63, 3.8) is 0 Å². The molecule has 0 radical (unpaired) electrons. The number of rotatable bonds is 3. The molecule has 2 N–H and O–H groups in total. The van der Waals surface area contributed by atoms with Gasteiger partial charge in [-0.3, -0.25) is 4.79 Å². The lowest BCUT2D eigenvalue weighted by Crippen LogP contribution is -2.28. The zero-order valence-electron chi connectivity index (χ0n) is 11.5. The van der Waals surface area contributed by atoms with Crippen molar-refractivity contribution in [1.82, 2.24) is 0 Å². The average molecular weight is 317 g/mol. The Balaban J connectivity index is 1.65. The van der Waals surface area contributed by atoms with Gasteiger partial charge in [0, 0.05) is 22.7 Å². The molecule has 2 aromatic carbocycles. The van der Waals surface area contributed by atoms with Gasteiger partial charge in [-0.2, -0.15) is 0 Å². The van der Waals surface area contributed by atoms with E-state index in [-0.39, 0.29) is 11.7 Å². The predicted molar refractivity (Wildman–Crippen MR) is 84.2 cm³/mol. The summed E-state index contributed by atoms with van der Waals surface area (Å²) in [5, 5.41) is 17.0. The van der Waals surface area contributed by atoms with Crippen LogP contribution in [-0.2, 0) is 9.63 Å². The third-order valence-electron chi connectivity index (χ3n) is 3.29. The summed E-state index contributed by atoms with van der Waals surface area (Å²) in [5.74, 6) is -0.180. The van der Waals surface area contributed by atoms with Crippen LogP contribution in [0, 0.1) is 0 Å². The van der Waals surface area contributed by atoms with Crippen LogP contribution in [0.5, 0.6) is 5.75 Å². The van der Waals surface area contributed by atoms with E-state index < -0.39 is 6.10 Å². The van der Waals surface area contributed by atoms with E-state index in [1.807, 2.05) is 0 Å². The van der Waals surface area contributed by atoms with E-state index in [2.05, 4.69) is 10.5 Å². The monoisotopic (exact) mass is 316 g/mol. The number of hydrogen-bond donors (Lipinski definition) is 2. The first-order valence-electron chi connectivity index (χ1n) is 6.71. The van der Waals surface area contributed by atoms with Crippen LogP contribution < -0.4 is 5.32 Å². The molecule has 1 atom stereocenters. The first kappa shape index (κ1) is 14.4. The summed E-state index contributed by atoms with van der Waals surface area (Å²) in [6, 6.07) is 13.6. The van der Waals surface area contributed by atoms with Gasteiger partial charge in [-0.15, -0.1) is 0 Å². The van der Waals surface area contributed by atoms with E-state index >= 15 is 0 Å². The molecule has 0 unspecified atom stereocenters. The van der Waals surface area contributed by atoms with Crippen molar-refractivity contribution in [3.05, 3.63) is 59.1 Å².